The SMILES string of the molecule is C(=Cc1ccc2oc3ccc(N(c4ccccc4)c4ccc(-c5ccccc5)cc4)cc3c2c1)c1ccc(N(c2ccccc2)c2ccc(-c3ccccc3)cc2)cc1. The summed E-state index contributed by atoms with van der Waals surface area (Å²) in [6.07, 6.45) is 4.36. The summed E-state index contributed by atoms with van der Waals surface area (Å²) < 4.78 is 6.37. The van der Waals surface area contributed by atoms with Crippen molar-refractivity contribution >= 4 is 68.2 Å². The summed E-state index contributed by atoms with van der Waals surface area (Å²) >= 11 is 0. The highest BCUT2D eigenvalue weighted by Gasteiger charge is 2.16. The molecule has 0 saturated carbocycles. The molecule has 3 nitrogen and oxygen atoms in total. The van der Waals surface area contributed by atoms with Crippen molar-refractivity contribution in [1.82, 2.24) is 0 Å². The smallest absolute Gasteiger partial charge is 0.135 e. The molecule has 0 unspecified atom stereocenters. The van der Waals surface area contributed by atoms with E-state index < -0.39 is 0 Å². The molecule has 0 aliphatic carbocycles. The van der Waals surface area contributed by atoms with Gasteiger partial charge in [0.25, 0.3) is 0 Å². The molecular weight excluding hydrogens is 717 g/mol. The third-order valence-electron chi connectivity index (χ3n) is 10.8. The number of hydrogen-bond donors (Lipinski definition) is 0. The van der Waals surface area contributed by atoms with E-state index in [2.05, 4.69) is 252 Å². The van der Waals surface area contributed by atoms with E-state index in [1.54, 1.807) is 0 Å². The lowest BCUT2D eigenvalue weighted by Crippen LogP contribution is -2.09. The Morgan fingerprint density at radius 2 is 0.610 bits per heavy atom. The molecule has 3 heteroatoms. The standard InChI is InChI=1S/C56H40N2O/c1-5-13-43(14-6-1)45-26-32-50(33-27-45)57(47-17-9-3-10-18-47)49-30-23-41(24-31-49)21-22-42-25-37-55-53(39-42)54-40-52(36-38-56(54)59-55)58(48-19-11-4-12-20-48)51-34-28-46(29-35-51)44-15-7-2-8-16-44/h1-40H. The summed E-state index contributed by atoms with van der Waals surface area (Å²) in [5.41, 5.74) is 15.3. The van der Waals surface area contributed by atoms with Crippen molar-refractivity contribution in [2.45, 2.75) is 0 Å². The zero-order chi connectivity index (χ0) is 39.4. The Morgan fingerprint density at radius 1 is 0.271 bits per heavy atom. The van der Waals surface area contributed by atoms with Crippen LogP contribution in [0.4, 0.5) is 34.1 Å². The Labute approximate surface area is 345 Å². The molecule has 59 heavy (non-hydrogen) atoms. The van der Waals surface area contributed by atoms with E-state index >= 15 is 0 Å². The lowest BCUT2D eigenvalue weighted by atomic mass is 10.0. The first-order chi connectivity index (χ1) is 29.2. The topological polar surface area (TPSA) is 19.6 Å². The van der Waals surface area contributed by atoms with Gasteiger partial charge in [0.2, 0.25) is 0 Å². The van der Waals surface area contributed by atoms with Crippen LogP contribution in [0.3, 0.4) is 0 Å². The Bertz CT molecular complexity index is 2990. The molecule has 0 saturated heterocycles. The molecule has 0 atom stereocenters. The maximum Gasteiger partial charge on any atom is 0.135 e. The fourth-order valence-electron chi connectivity index (χ4n) is 7.87. The Balaban J connectivity index is 0.938. The molecule has 9 aromatic carbocycles. The van der Waals surface area contributed by atoms with Gasteiger partial charge < -0.3 is 14.2 Å². The maximum atomic E-state index is 6.37. The van der Waals surface area contributed by atoms with Crippen LogP contribution in [0.1, 0.15) is 11.1 Å². The highest BCUT2D eigenvalue weighted by molar-refractivity contribution is 6.07. The summed E-state index contributed by atoms with van der Waals surface area (Å²) in [5, 5.41) is 2.17. The highest BCUT2D eigenvalue weighted by atomic mass is 16.3. The Hall–Kier alpha value is -7.88. The molecule has 0 bridgehead atoms. The average molecular weight is 757 g/mol. The van der Waals surface area contributed by atoms with Crippen LogP contribution >= 0.6 is 0 Å². The Kier molecular flexibility index (Phi) is 9.59. The van der Waals surface area contributed by atoms with Gasteiger partial charge >= 0.3 is 0 Å². The van der Waals surface area contributed by atoms with Crippen molar-refractivity contribution in [3.05, 3.63) is 242 Å². The minimum atomic E-state index is 0.866. The summed E-state index contributed by atoms with van der Waals surface area (Å²) in [6.45, 7) is 0. The highest BCUT2D eigenvalue weighted by Crippen LogP contribution is 2.40. The zero-order valence-electron chi connectivity index (χ0n) is 32.4. The van der Waals surface area contributed by atoms with Crippen molar-refractivity contribution in [2.24, 2.45) is 0 Å². The van der Waals surface area contributed by atoms with E-state index in [1.807, 2.05) is 0 Å². The van der Waals surface area contributed by atoms with Crippen LogP contribution in [-0.2, 0) is 0 Å². The molecule has 0 amide bonds. The second-order valence-electron chi connectivity index (χ2n) is 14.6. The van der Waals surface area contributed by atoms with Gasteiger partial charge in [0.1, 0.15) is 11.2 Å². The average Bonchev–Trinajstić information content (AvgIpc) is 3.68. The van der Waals surface area contributed by atoms with Gasteiger partial charge in [-0.2, -0.15) is 0 Å². The van der Waals surface area contributed by atoms with Gasteiger partial charge in [-0.3, -0.25) is 0 Å². The van der Waals surface area contributed by atoms with Gasteiger partial charge in [0, 0.05) is 44.9 Å². The number of hydrogen-bond acceptors (Lipinski definition) is 3. The van der Waals surface area contributed by atoms with E-state index in [0.717, 1.165) is 67.2 Å². The molecule has 0 spiro atoms. The largest absolute Gasteiger partial charge is 0.456 e. The van der Waals surface area contributed by atoms with Crippen LogP contribution < -0.4 is 9.80 Å². The van der Waals surface area contributed by atoms with Crippen molar-refractivity contribution < 1.29 is 4.42 Å². The second kappa shape index (κ2) is 15.9. The summed E-state index contributed by atoms with van der Waals surface area (Å²) in [6, 6.07) is 81.3. The molecule has 0 fully saturated rings. The first-order valence-corrected chi connectivity index (χ1v) is 20.0. The number of para-hydroxylation sites is 2. The first kappa shape index (κ1) is 35.5. The van der Waals surface area contributed by atoms with Gasteiger partial charge in [-0.1, -0.05) is 152 Å². The lowest BCUT2D eigenvalue weighted by molar-refractivity contribution is 0.669. The van der Waals surface area contributed by atoms with E-state index in [4.69, 9.17) is 4.42 Å². The number of benzene rings is 9. The summed E-state index contributed by atoms with van der Waals surface area (Å²) in [7, 11) is 0. The van der Waals surface area contributed by atoms with Gasteiger partial charge in [-0.05, 0) is 124 Å². The molecule has 1 heterocycles. The van der Waals surface area contributed by atoms with E-state index in [1.165, 1.54) is 22.3 Å². The first-order valence-electron chi connectivity index (χ1n) is 20.0. The van der Waals surface area contributed by atoms with Crippen LogP contribution in [0.15, 0.2) is 235 Å². The molecule has 0 aliphatic heterocycles. The lowest BCUT2D eigenvalue weighted by Gasteiger charge is -2.25. The summed E-state index contributed by atoms with van der Waals surface area (Å²) in [5.74, 6) is 0. The molecule has 280 valence electrons. The molecule has 10 rings (SSSR count). The van der Waals surface area contributed by atoms with Gasteiger partial charge in [-0.25, -0.2) is 0 Å². The molecule has 10 aromatic rings. The third kappa shape index (κ3) is 7.41. The van der Waals surface area contributed by atoms with Gasteiger partial charge in [-0.15, -0.1) is 0 Å². The minimum Gasteiger partial charge on any atom is -0.456 e. The van der Waals surface area contributed by atoms with Gasteiger partial charge in [0.05, 0.1) is 0 Å². The normalized spacial score (nSPS) is 11.3. The third-order valence-corrected chi connectivity index (χ3v) is 10.8. The monoisotopic (exact) mass is 756 g/mol. The van der Waals surface area contributed by atoms with Crippen molar-refractivity contribution in [2.75, 3.05) is 9.80 Å². The number of furan rings is 1. The number of anilines is 6. The van der Waals surface area contributed by atoms with Crippen molar-refractivity contribution in [1.29, 1.82) is 0 Å². The van der Waals surface area contributed by atoms with Gasteiger partial charge in [0.15, 0.2) is 0 Å². The van der Waals surface area contributed by atoms with Crippen LogP contribution in [0.5, 0.6) is 0 Å². The van der Waals surface area contributed by atoms with Crippen molar-refractivity contribution in [3.8, 4) is 22.3 Å². The molecule has 0 radical (unpaired) electrons. The maximum absolute atomic E-state index is 6.37. The van der Waals surface area contributed by atoms with Crippen molar-refractivity contribution in [3.63, 3.8) is 0 Å². The predicted molar refractivity (Wildman–Crippen MR) is 249 cm³/mol. The molecular formula is C56H40N2O. The van der Waals surface area contributed by atoms with Crippen LogP contribution in [0.25, 0.3) is 56.3 Å². The fourth-order valence-corrected chi connectivity index (χ4v) is 7.87. The Morgan fingerprint density at radius 3 is 1.12 bits per heavy atom. The second-order valence-corrected chi connectivity index (χ2v) is 14.6. The predicted octanol–water partition coefficient (Wildman–Crippen LogP) is 16.0. The minimum absolute atomic E-state index is 0.866. The quantitative estimate of drug-likeness (QED) is 0.130. The van der Waals surface area contributed by atoms with E-state index in [-0.39, 0.29) is 0 Å². The van der Waals surface area contributed by atoms with E-state index in [9.17, 15) is 0 Å². The van der Waals surface area contributed by atoms with Crippen LogP contribution in [0.2, 0.25) is 0 Å². The van der Waals surface area contributed by atoms with Crippen LogP contribution in [0, 0.1) is 0 Å². The number of rotatable bonds is 10. The molecule has 0 aliphatic rings. The zero-order valence-corrected chi connectivity index (χ0v) is 32.4. The van der Waals surface area contributed by atoms with Crippen LogP contribution in [-0.4, -0.2) is 0 Å². The molecule has 0 N–H and O–H groups in total. The summed E-state index contributed by atoms with van der Waals surface area (Å²) in [4.78, 5) is 4.60. The van der Waals surface area contributed by atoms with E-state index in [0.29, 0.717) is 0 Å². The number of nitrogens with zero attached hydrogens (tertiary/aromatic N) is 2. The number of fused-ring (bicyclic) bond motifs is 3. The fraction of sp³-hybridized carbons (Fsp3) is 0. The molecule has 1 aromatic heterocycles.